The molecule has 1 aliphatic heterocycles. The van der Waals surface area contributed by atoms with Crippen molar-refractivity contribution in [2.45, 2.75) is 75.9 Å². The number of likely N-dealkylation sites (tertiary alicyclic amines) is 1. The Morgan fingerprint density at radius 2 is 1.65 bits per heavy atom. The van der Waals surface area contributed by atoms with Gasteiger partial charge in [0.1, 0.15) is 0 Å². The molecule has 20 heavy (non-hydrogen) atoms. The van der Waals surface area contributed by atoms with Gasteiger partial charge in [-0.1, -0.05) is 12.8 Å². The molecule has 3 aliphatic carbocycles. The Kier molecular flexibility index (Phi) is 3.00. The Labute approximate surface area is 120 Å². The molecule has 4 nitrogen and oxygen atoms in total. The summed E-state index contributed by atoms with van der Waals surface area (Å²) in [7, 11) is 0. The van der Waals surface area contributed by atoms with E-state index in [1.165, 1.54) is 38.5 Å². The standard InChI is InChI=1S/C16H24N2O2/c19-15-9-11(10-17(15)12-5-6-12)16(20)18(14-7-8-14)13-3-1-2-4-13/h11-14H,1-10H2/t11-/m0/s1. The van der Waals surface area contributed by atoms with Gasteiger partial charge in [0.25, 0.3) is 0 Å². The molecule has 1 saturated heterocycles. The van der Waals surface area contributed by atoms with Crippen LogP contribution in [0.15, 0.2) is 0 Å². The molecule has 2 amide bonds. The number of amides is 2. The zero-order valence-electron chi connectivity index (χ0n) is 12.1. The van der Waals surface area contributed by atoms with Crippen LogP contribution in [-0.2, 0) is 9.59 Å². The Hall–Kier alpha value is -1.06. The van der Waals surface area contributed by atoms with Crippen molar-refractivity contribution in [2.75, 3.05) is 6.54 Å². The minimum Gasteiger partial charge on any atom is -0.339 e. The van der Waals surface area contributed by atoms with E-state index in [2.05, 4.69) is 4.90 Å². The van der Waals surface area contributed by atoms with Crippen molar-refractivity contribution in [3.8, 4) is 0 Å². The van der Waals surface area contributed by atoms with Crippen LogP contribution in [0.1, 0.15) is 57.8 Å². The normalized spacial score (nSPS) is 31.1. The SMILES string of the molecule is O=C1C[C@H](C(=O)N(C2CCCC2)C2CC2)CN1C1CC1. The Morgan fingerprint density at radius 3 is 2.25 bits per heavy atom. The molecular formula is C16H24N2O2. The van der Waals surface area contributed by atoms with Gasteiger partial charge in [-0.3, -0.25) is 9.59 Å². The highest BCUT2D eigenvalue weighted by Crippen LogP contribution is 2.38. The van der Waals surface area contributed by atoms with Gasteiger partial charge in [0, 0.05) is 31.1 Å². The topological polar surface area (TPSA) is 40.6 Å². The molecule has 0 aromatic rings. The van der Waals surface area contributed by atoms with Crippen molar-refractivity contribution < 1.29 is 9.59 Å². The van der Waals surface area contributed by atoms with E-state index in [1.54, 1.807) is 0 Å². The van der Waals surface area contributed by atoms with E-state index in [1.807, 2.05) is 4.90 Å². The highest BCUT2D eigenvalue weighted by Gasteiger charge is 2.46. The molecule has 4 heteroatoms. The number of hydrogen-bond acceptors (Lipinski definition) is 2. The summed E-state index contributed by atoms with van der Waals surface area (Å²) in [6.45, 7) is 0.693. The lowest BCUT2D eigenvalue weighted by Gasteiger charge is -2.31. The van der Waals surface area contributed by atoms with Crippen LogP contribution in [0.2, 0.25) is 0 Å². The van der Waals surface area contributed by atoms with Crippen LogP contribution < -0.4 is 0 Å². The van der Waals surface area contributed by atoms with E-state index in [9.17, 15) is 9.59 Å². The Morgan fingerprint density at radius 1 is 1.00 bits per heavy atom. The zero-order chi connectivity index (χ0) is 13.7. The van der Waals surface area contributed by atoms with E-state index < -0.39 is 0 Å². The molecule has 0 bridgehead atoms. The van der Waals surface area contributed by atoms with Gasteiger partial charge in [0.2, 0.25) is 11.8 Å². The van der Waals surface area contributed by atoms with Crippen LogP contribution in [-0.4, -0.2) is 46.3 Å². The average Bonchev–Trinajstić information content (AvgIpc) is 3.35. The molecule has 0 aromatic carbocycles. The van der Waals surface area contributed by atoms with Gasteiger partial charge in [-0.25, -0.2) is 0 Å². The Balaban J connectivity index is 1.46. The molecule has 1 atom stereocenters. The Bertz CT molecular complexity index is 422. The minimum absolute atomic E-state index is 0.0516. The summed E-state index contributed by atoms with van der Waals surface area (Å²) in [6.07, 6.45) is 9.97. The number of hydrogen-bond donors (Lipinski definition) is 0. The number of carbonyl (C=O) groups is 2. The van der Waals surface area contributed by atoms with Crippen molar-refractivity contribution >= 4 is 11.8 Å². The lowest BCUT2D eigenvalue weighted by atomic mass is 10.0. The molecule has 0 N–H and O–H groups in total. The largest absolute Gasteiger partial charge is 0.339 e. The third-order valence-electron chi connectivity index (χ3n) is 5.41. The molecule has 3 saturated carbocycles. The summed E-state index contributed by atoms with van der Waals surface area (Å²) >= 11 is 0. The van der Waals surface area contributed by atoms with E-state index in [0.29, 0.717) is 31.1 Å². The van der Waals surface area contributed by atoms with Gasteiger partial charge in [-0.05, 0) is 38.5 Å². The van der Waals surface area contributed by atoms with Crippen molar-refractivity contribution in [1.29, 1.82) is 0 Å². The van der Waals surface area contributed by atoms with Gasteiger partial charge >= 0.3 is 0 Å². The van der Waals surface area contributed by atoms with Crippen LogP contribution in [0.25, 0.3) is 0 Å². The molecule has 110 valence electrons. The van der Waals surface area contributed by atoms with Crippen LogP contribution in [0, 0.1) is 5.92 Å². The molecule has 4 fully saturated rings. The summed E-state index contributed by atoms with van der Waals surface area (Å²) in [6, 6.07) is 1.43. The number of nitrogens with zero attached hydrogens (tertiary/aromatic N) is 2. The summed E-state index contributed by atoms with van der Waals surface area (Å²) in [5.41, 5.74) is 0. The minimum atomic E-state index is -0.0516. The monoisotopic (exact) mass is 276 g/mol. The fourth-order valence-corrected chi connectivity index (χ4v) is 4.04. The molecular weight excluding hydrogens is 252 g/mol. The maximum atomic E-state index is 12.9. The second-order valence-electron chi connectivity index (χ2n) is 7.09. The third kappa shape index (κ3) is 2.23. The van der Waals surface area contributed by atoms with Crippen molar-refractivity contribution in [1.82, 2.24) is 9.80 Å². The predicted octanol–water partition coefficient (Wildman–Crippen LogP) is 1.93. The summed E-state index contributed by atoms with van der Waals surface area (Å²) < 4.78 is 0. The van der Waals surface area contributed by atoms with Gasteiger partial charge in [-0.15, -0.1) is 0 Å². The highest BCUT2D eigenvalue weighted by atomic mass is 16.2. The molecule has 4 aliphatic rings. The van der Waals surface area contributed by atoms with E-state index in [-0.39, 0.29) is 17.7 Å². The average molecular weight is 276 g/mol. The molecule has 1 heterocycles. The van der Waals surface area contributed by atoms with Crippen molar-refractivity contribution in [3.63, 3.8) is 0 Å². The zero-order valence-corrected chi connectivity index (χ0v) is 12.1. The smallest absolute Gasteiger partial charge is 0.228 e. The van der Waals surface area contributed by atoms with E-state index >= 15 is 0 Å². The quantitative estimate of drug-likeness (QED) is 0.787. The lowest BCUT2D eigenvalue weighted by molar-refractivity contribution is -0.138. The fourth-order valence-electron chi connectivity index (χ4n) is 4.04. The molecule has 0 unspecified atom stereocenters. The molecule has 4 rings (SSSR count). The maximum absolute atomic E-state index is 12.9. The van der Waals surface area contributed by atoms with Gasteiger partial charge in [0.05, 0.1) is 5.92 Å². The highest BCUT2D eigenvalue weighted by molar-refractivity contribution is 5.90. The first kappa shape index (κ1) is 12.7. The van der Waals surface area contributed by atoms with Gasteiger partial charge < -0.3 is 9.80 Å². The van der Waals surface area contributed by atoms with Gasteiger partial charge in [-0.2, -0.15) is 0 Å². The number of rotatable bonds is 4. The summed E-state index contributed by atoms with van der Waals surface area (Å²) in [4.78, 5) is 29.1. The second kappa shape index (κ2) is 4.74. The molecule has 0 spiro atoms. The van der Waals surface area contributed by atoms with Crippen LogP contribution >= 0.6 is 0 Å². The van der Waals surface area contributed by atoms with E-state index in [4.69, 9.17) is 0 Å². The lowest BCUT2D eigenvalue weighted by Crippen LogP contribution is -2.44. The maximum Gasteiger partial charge on any atom is 0.228 e. The second-order valence-corrected chi connectivity index (χ2v) is 7.09. The van der Waals surface area contributed by atoms with Crippen LogP contribution in [0.4, 0.5) is 0 Å². The first-order valence-corrected chi connectivity index (χ1v) is 8.35. The number of carbonyl (C=O) groups excluding carboxylic acids is 2. The predicted molar refractivity (Wildman–Crippen MR) is 75.0 cm³/mol. The van der Waals surface area contributed by atoms with E-state index in [0.717, 1.165) is 12.8 Å². The first-order chi connectivity index (χ1) is 9.74. The van der Waals surface area contributed by atoms with Crippen molar-refractivity contribution in [2.24, 2.45) is 5.92 Å². The van der Waals surface area contributed by atoms with Gasteiger partial charge in [0.15, 0.2) is 0 Å². The van der Waals surface area contributed by atoms with Crippen LogP contribution in [0.5, 0.6) is 0 Å². The first-order valence-electron chi connectivity index (χ1n) is 8.35. The summed E-state index contributed by atoms with van der Waals surface area (Å²) in [5, 5.41) is 0. The fraction of sp³-hybridized carbons (Fsp3) is 0.875. The van der Waals surface area contributed by atoms with Crippen LogP contribution in [0.3, 0.4) is 0 Å². The molecule has 0 aromatic heterocycles. The summed E-state index contributed by atoms with van der Waals surface area (Å²) in [5.74, 6) is 0.452. The third-order valence-corrected chi connectivity index (χ3v) is 5.41. The molecule has 0 radical (unpaired) electrons. The van der Waals surface area contributed by atoms with Crippen molar-refractivity contribution in [3.05, 3.63) is 0 Å².